The Hall–Kier alpha value is -3.19. The molecule has 7 heteroatoms. The van der Waals surface area contributed by atoms with Gasteiger partial charge in [-0.2, -0.15) is 0 Å². The highest BCUT2D eigenvalue weighted by Gasteiger charge is 2.17. The topological polar surface area (TPSA) is 80.3 Å². The van der Waals surface area contributed by atoms with Gasteiger partial charge in [-0.25, -0.2) is 4.98 Å². The molecule has 1 aromatic heterocycles. The smallest absolute Gasteiger partial charge is 0.262 e. The van der Waals surface area contributed by atoms with Crippen LogP contribution in [0.1, 0.15) is 5.69 Å². The van der Waals surface area contributed by atoms with Crippen molar-refractivity contribution < 1.29 is 14.3 Å². The molecule has 0 unspecified atom stereocenters. The maximum absolute atomic E-state index is 12.3. The maximum Gasteiger partial charge on any atom is 0.262 e. The predicted molar refractivity (Wildman–Crippen MR) is 100 cm³/mol. The van der Waals surface area contributed by atoms with E-state index >= 15 is 0 Å². The number of nitrogens with one attached hydrogen (secondary N) is 2. The van der Waals surface area contributed by atoms with Gasteiger partial charge in [-0.05, 0) is 18.2 Å². The van der Waals surface area contributed by atoms with Gasteiger partial charge in [-0.3, -0.25) is 9.59 Å². The predicted octanol–water partition coefficient (Wildman–Crippen LogP) is 3.32. The Morgan fingerprint density at radius 1 is 1.23 bits per heavy atom. The summed E-state index contributed by atoms with van der Waals surface area (Å²) >= 11 is 1.51. The second-order valence-electron chi connectivity index (χ2n) is 5.78. The number of aromatic nitrogens is 1. The molecule has 1 aliphatic rings. The molecule has 6 nitrogen and oxygen atoms in total. The van der Waals surface area contributed by atoms with Crippen molar-refractivity contribution >= 4 is 34.5 Å². The van der Waals surface area contributed by atoms with Gasteiger partial charge in [0.2, 0.25) is 5.91 Å². The average molecular weight is 365 g/mol. The van der Waals surface area contributed by atoms with E-state index in [0.29, 0.717) is 17.1 Å². The average Bonchev–Trinajstić information content (AvgIpc) is 3.10. The molecule has 2 aromatic carbocycles. The Kier molecular flexibility index (Phi) is 4.37. The van der Waals surface area contributed by atoms with Crippen LogP contribution in [-0.2, 0) is 16.0 Å². The molecule has 0 bridgehead atoms. The summed E-state index contributed by atoms with van der Waals surface area (Å²) in [4.78, 5) is 28.2. The fraction of sp³-hybridized carbons (Fsp3) is 0.105. The quantitative estimate of drug-likeness (QED) is 0.743. The van der Waals surface area contributed by atoms with E-state index in [4.69, 9.17) is 4.74 Å². The van der Waals surface area contributed by atoms with Crippen LogP contribution in [0, 0.1) is 0 Å². The van der Waals surface area contributed by atoms with E-state index in [-0.39, 0.29) is 24.8 Å². The van der Waals surface area contributed by atoms with Crippen molar-refractivity contribution in [1.29, 1.82) is 0 Å². The number of anilines is 2. The number of thiazole rings is 1. The molecule has 2 amide bonds. The zero-order valence-electron chi connectivity index (χ0n) is 13.7. The standard InChI is InChI=1S/C19H15N3O3S/c23-17(9-14-11-26-19(21-14)12-4-2-1-3-5-12)20-13-6-7-16-15(8-13)22-18(24)10-25-16/h1-8,11H,9-10H2,(H,20,23)(H,22,24). The molecule has 4 rings (SSSR count). The van der Waals surface area contributed by atoms with Gasteiger partial charge in [0.05, 0.1) is 17.8 Å². The molecule has 0 radical (unpaired) electrons. The molecule has 0 saturated heterocycles. The number of carbonyl (C=O) groups is 2. The van der Waals surface area contributed by atoms with Crippen LogP contribution < -0.4 is 15.4 Å². The molecule has 0 fully saturated rings. The molecule has 0 aliphatic carbocycles. The van der Waals surface area contributed by atoms with Crippen LogP contribution in [0.2, 0.25) is 0 Å². The number of carbonyl (C=O) groups excluding carboxylic acids is 2. The van der Waals surface area contributed by atoms with Gasteiger partial charge in [-0.1, -0.05) is 30.3 Å². The number of amides is 2. The van der Waals surface area contributed by atoms with Gasteiger partial charge in [0.1, 0.15) is 10.8 Å². The molecule has 2 N–H and O–H groups in total. The number of nitrogens with zero attached hydrogens (tertiary/aromatic N) is 1. The van der Waals surface area contributed by atoms with E-state index in [0.717, 1.165) is 16.3 Å². The maximum atomic E-state index is 12.3. The van der Waals surface area contributed by atoms with Crippen LogP contribution in [0.3, 0.4) is 0 Å². The number of hydrogen-bond acceptors (Lipinski definition) is 5. The van der Waals surface area contributed by atoms with Crippen molar-refractivity contribution in [3.8, 4) is 16.3 Å². The van der Waals surface area contributed by atoms with Gasteiger partial charge in [-0.15, -0.1) is 11.3 Å². The lowest BCUT2D eigenvalue weighted by Crippen LogP contribution is -2.25. The first-order chi connectivity index (χ1) is 12.7. The molecule has 26 heavy (non-hydrogen) atoms. The van der Waals surface area contributed by atoms with E-state index in [9.17, 15) is 9.59 Å². The summed E-state index contributed by atoms with van der Waals surface area (Å²) in [6.45, 7) is 0.00623. The fourth-order valence-electron chi connectivity index (χ4n) is 2.63. The molecule has 0 atom stereocenters. The largest absolute Gasteiger partial charge is 0.482 e. The van der Waals surface area contributed by atoms with Gasteiger partial charge in [0.15, 0.2) is 6.61 Å². The van der Waals surface area contributed by atoms with E-state index in [1.165, 1.54) is 11.3 Å². The van der Waals surface area contributed by atoms with E-state index < -0.39 is 0 Å². The Morgan fingerprint density at radius 3 is 2.92 bits per heavy atom. The molecular formula is C19H15N3O3S. The molecular weight excluding hydrogens is 350 g/mol. The lowest BCUT2D eigenvalue weighted by atomic mass is 10.2. The van der Waals surface area contributed by atoms with Crippen LogP contribution in [0.4, 0.5) is 11.4 Å². The second-order valence-corrected chi connectivity index (χ2v) is 6.64. The van der Waals surface area contributed by atoms with E-state index in [1.54, 1.807) is 18.2 Å². The Balaban J connectivity index is 1.42. The van der Waals surface area contributed by atoms with Crippen LogP contribution in [0.5, 0.6) is 5.75 Å². The number of ether oxygens (including phenoxy) is 1. The fourth-order valence-corrected chi connectivity index (χ4v) is 3.46. The van der Waals surface area contributed by atoms with Crippen molar-refractivity contribution in [2.45, 2.75) is 6.42 Å². The molecule has 1 aliphatic heterocycles. The van der Waals surface area contributed by atoms with Gasteiger partial charge >= 0.3 is 0 Å². The molecule has 0 spiro atoms. The minimum atomic E-state index is -0.211. The third-order valence-corrected chi connectivity index (χ3v) is 4.75. The molecule has 0 saturated carbocycles. The van der Waals surface area contributed by atoms with Crippen molar-refractivity contribution in [3.05, 3.63) is 59.6 Å². The zero-order valence-corrected chi connectivity index (χ0v) is 14.5. The summed E-state index contributed by atoms with van der Waals surface area (Å²) in [5.41, 5.74) is 2.91. The lowest BCUT2D eigenvalue weighted by Gasteiger charge is -2.18. The summed E-state index contributed by atoms with van der Waals surface area (Å²) in [7, 11) is 0. The first kappa shape index (κ1) is 16.3. The van der Waals surface area contributed by atoms with Crippen LogP contribution in [-0.4, -0.2) is 23.4 Å². The van der Waals surface area contributed by atoms with Crippen molar-refractivity contribution in [2.24, 2.45) is 0 Å². The highest BCUT2D eigenvalue weighted by Crippen LogP contribution is 2.30. The SMILES string of the molecule is O=C(Cc1csc(-c2ccccc2)n1)Nc1ccc2c(c1)NC(=O)CO2. The molecule has 130 valence electrons. The summed E-state index contributed by atoms with van der Waals surface area (Å²) in [5.74, 6) is 0.212. The van der Waals surface area contributed by atoms with E-state index in [1.807, 2.05) is 35.7 Å². The number of benzene rings is 2. The summed E-state index contributed by atoms with van der Waals surface area (Å²) in [5, 5.41) is 8.32. The Labute approximate surface area is 153 Å². The van der Waals surface area contributed by atoms with E-state index in [2.05, 4.69) is 15.6 Å². The van der Waals surface area contributed by atoms with Crippen LogP contribution in [0.25, 0.3) is 10.6 Å². The van der Waals surface area contributed by atoms with Gasteiger partial charge < -0.3 is 15.4 Å². The monoisotopic (exact) mass is 365 g/mol. The normalized spacial score (nSPS) is 12.7. The van der Waals surface area contributed by atoms with Crippen molar-refractivity contribution in [2.75, 3.05) is 17.2 Å². The summed E-state index contributed by atoms with van der Waals surface area (Å²) < 4.78 is 5.30. The lowest BCUT2D eigenvalue weighted by molar-refractivity contribution is -0.118. The molecule has 3 aromatic rings. The van der Waals surface area contributed by atoms with Gasteiger partial charge in [0, 0.05) is 16.6 Å². The number of rotatable bonds is 4. The first-order valence-electron chi connectivity index (χ1n) is 8.04. The summed E-state index contributed by atoms with van der Waals surface area (Å²) in [6.07, 6.45) is 0.184. The Morgan fingerprint density at radius 2 is 2.08 bits per heavy atom. The van der Waals surface area contributed by atoms with Crippen LogP contribution in [0.15, 0.2) is 53.9 Å². The second kappa shape index (κ2) is 6.97. The Bertz CT molecular complexity index is 969. The third-order valence-electron chi connectivity index (χ3n) is 3.81. The minimum Gasteiger partial charge on any atom is -0.482 e. The highest BCUT2D eigenvalue weighted by molar-refractivity contribution is 7.13. The van der Waals surface area contributed by atoms with Crippen molar-refractivity contribution in [3.63, 3.8) is 0 Å². The zero-order chi connectivity index (χ0) is 17.9. The first-order valence-corrected chi connectivity index (χ1v) is 8.92. The minimum absolute atomic E-state index is 0.00623. The van der Waals surface area contributed by atoms with Crippen molar-refractivity contribution in [1.82, 2.24) is 4.98 Å². The van der Waals surface area contributed by atoms with Gasteiger partial charge in [0.25, 0.3) is 5.91 Å². The van der Waals surface area contributed by atoms with Crippen LogP contribution >= 0.6 is 11.3 Å². The highest BCUT2D eigenvalue weighted by atomic mass is 32.1. The summed E-state index contributed by atoms with van der Waals surface area (Å²) in [6, 6.07) is 15.0. The number of hydrogen-bond donors (Lipinski definition) is 2. The number of fused-ring (bicyclic) bond motifs is 1. The third kappa shape index (κ3) is 3.57. The molecule has 2 heterocycles.